The zero-order valence-corrected chi connectivity index (χ0v) is 17.2. The zero-order valence-electron chi connectivity index (χ0n) is 17.2. The first-order valence-electron chi connectivity index (χ1n) is 10.1. The van der Waals surface area contributed by atoms with E-state index in [1.807, 2.05) is 44.6 Å². The molecular weight excluding hydrogens is 368 g/mol. The minimum atomic E-state index is -0.0756. The molecule has 0 aliphatic carbocycles. The van der Waals surface area contributed by atoms with Crippen LogP contribution >= 0.6 is 0 Å². The molecule has 2 heterocycles. The molecule has 1 amide bonds. The van der Waals surface area contributed by atoms with Crippen LogP contribution in [0.25, 0.3) is 0 Å². The Morgan fingerprint density at radius 1 is 1.31 bits per heavy atom. The molecule has 1 aromatic heterocycles. The Bertz CT molecular complexity index is 805. The molecule has 3 rings (SSSR count). The topological polar surface area (TPSA) is 83.8 Å². The van der Waals surface area contributed by atoms with E-state index in [9.17, 15) is 4.79 Å². The number of hydrogen-bond donors (Lipinski definition) is 2. The number of nitrogens with zero attached hydrogens (tertiary/aromatic N) is 4. The summed E-state index contributed by atoms with van der Waals surface area (Å²) in [6, 6.07) is 10.1. The summed E-state index contributed by atoms with van der Waals surface area (Å²) in [4.78, 5) is 18.9. The second-order valence-electron chi connectivity index (χ2n) is 7.01. The van der Waals surface area contributed by atoms with Gasteiger partial charge < -0.3 is 20.3 Å². The molecule has 0 radical (unpaired) electrons. The predicted molar refractivity (Wildman–Crippen MR) is 113 cm³/mol. The first kappa shape index (κ1) is 20.9. The number of benzene rings is 1. The number of hydrogen-bond acceptors (Lipinski definition) is 4. The highest BCUT2D eigenvalue weighted by atomic mass is 16.5. The summed E-state index contributed by atoms with van der Waals surface area (Å²) in [7, 11) is 1.89. The van der Waals surface area contributed by atoms with Crippen LogP contribution in [0.15, 0.2) is 47.7 Å². The van der Waals surface area contributed by atoms with E-state index >= 15 is 0 Å². The Morgan fingerprint density at radius 3 is 2.86 bits per heavy atom. The minimum Gasteiger partial charge on any atom is -0.370 e. The van der Waals surface area contributed by atoms with Crippen LogP contribution in [0.5, 0.6) is 0 Å². The lowest BCUT2D eigenvalue weighted by molar-refractivity contribution is -0.119. The van der Waals surface area contributed by atoms with Gasteiger partial charge in [0, 0.05) is 38.4 Å². The second-order valence-corrected chi connectivity index (χ2v) is 7.01. The Morgan fingerprint density at radius 2 is 2.14 bits per heavy atom. The number of carbonyl (C=O) groups is 1. The summed E-state index contributed by atoms with van der Waals surface area (Å²) in [6.07, 6.45) is 4.56. The van der Waals surface area contributed by atoms with E-state index in [0.717, 1.165) is 31.0 Å². The predicted octanol–water partition coefficient (Wildman–Crippen LogP) is 1.12. The van der Waals surface area contributed by atoms with Crippen LogP contribution < -0.4 is 10.6 Å². The zero-order chi connectivity index (χ0) is 20.5. The molecule has 1 atom stereocenters. The smallest absolute Gasteiger partial charge is 0.241 e. The van der Waals surface area contributed by atoms with Crippen molar-refractivity contribution in [2.45, 2.75) is 19.4 Å². The van der Waals surface area contributed by atoms with Crippen molar-refractivity contribution < 1.29 is 9.53 Å². The number of ether oxygens (including phenoxy) is 1. The van der Waals surface area contributed by atoms with Gasteiger partial charge in [-0.1, -0.05) is 30.3 Å². The number of rotatable bonds is 7. The van der Waals surface area contributed by atoms with Gasteiger partial charge in [0.1, 0.15) is 12.6 Å². The maximum atomic E-state index is 12.2. The molecule has 29 heavy (non-hydrogen) atoms. The van der Waals surface area contributed by atoms with Gasteiger partial charge in [0.25, 0.3) is 0 Å². The number of aromatic nitrogens is 2. The van der Waals surface area contributed by atoms with Gasteiger partial charge in [0.2, 0.25) is 5.91 Å². The molecule has 1 aliphatic rings. The normalized spacial score (nSPS) is 17.2. The van der Waals surface area contributed by atoms with Crippen molar-refractivity contribution in [2.24, 2.45) is 12.0 Å². The van der Waals surface area contributed by atoms with Gasteiger partial charge in [-0.15, -0.1) is 0 Å². The number of nitrogens with one attached hydrogen (secondary N) is 2. The molecule has 1 aliphatic heterocycles. The van der Waals surface area contributed by atoms with Gasteiger partial charge in [-0.25, -0.2) is 4.99 Å². The maximum Gasteiger partial charge on any atom is 0.241 e. The van der Waals surface area contributed by atoms with E-state index in [1.54, 1.807) is 4.68 Å². The minimum absolute atomic E-state index is 0.0546. The fraction of sp³-hybridized carbons (Fsp3) is 0.476. The largest absolute Gasteiger partial charge is 0.370 e. The van der Waals surface area contributed by atoms with Crippen molar-refractivity contribution in [1.82, 2.24) is 25.3 Å². The lowest BCUT2D eigenvalue weighted by Crippen LogP contribution is -2.48. The van der Waals surface area contributed by atoms with Crippen molar-refractivity contribution >= 4 is 11.9 Å². The molecule has 1 saturated heterocycles. The van der Waals surface area contributed by atoms with Crippen LogP contribution in [0, 0.1) is 0 Å². The second kappa shape index (κ2) is 10.6. The molecule has 2 aromatic rings. The molecule has 1 aromatic carbocycles. The monoisotopic (exact) mass is 398 g/mol. The van der Waals surface area contributed by atoms with Crippen LogP contribution in [0.1, 0.15) is 24.2 Å². The number of carbonyl (C=O) groups excluding carboxylic acids is 1. The Hall–Kier alpha value is -2.87. The van der Waals surface area contributed by atoms with E-state index in [4.69, 9.17) is 4.74 Å². The summed E-state index contributed by atoms with van der Waals surface area (Å²) in [6.45, 7) is 5.48. The summed E-state index contributed by atoms with van der Waals surface area (Å²) in [5, 5.41) is 10.5. The van der Waals surface area contributed by atoms with Gasteiger partial charge in [0.15, 0.2) is 5.96 Å². The highest BCUT2D eigenvalue weighted by Gasteiger charge is 2.25. The molecule has 1 unspecified atom stereocenters. The highest BCUT2D eigenvalue weighted by Crippen LogP contribution is 2.21. The average Bonchev–Trinajstić information content (AvgIpc) is 3.18. The lowest BCUT2D eigenvalue weighted by Gasteiger charge is -2.34. The first-order chi connectivity index (χ1) is 14.2. The van der Waals surface area contributed by atoms with Crippen LogP contribution in [-0.2, 0) is 23.0 Å². The molecule has 156 valence electrons. The number of aliphatic imine (C=N–C) groups is 1. The fourth-order valence-electron chi connectivity index (χ4n) is 3.27. The van der Waals surface area contributed by atoms with Crippen LogP contribution in [0.4, 0.5) is 0 Å². The van der Waals surface area contributed by atoms with Crippen molar-refractivity contribution in [3.8, 4) is 0 Å². The number of guanidine groups is 1. The highest BCUT2D eigenvalue weighted by molar-refractivity contribution is 5.85. The van der Waals surface area contributed by atoms with Gasteiger partial charge >= 0.3 is 0 Å². The number of morpholine rings is 1. The molecule has 0 saturated carbocycles. The van der Waals surface area contributed by atoms with Crippen LogP contribution in [0.3, 0.4) is 0 Å². The standard InChI is InChI=1S/C21H30N6O2/c1-3-22-21(24-14-20(28)23-10-9-17-7-5-4-6-8-17)27-11-12-29-19(16-27)18-13-25-26(2)15-18/h4-8,13,15,19H,3,9-12,14,16H2,1-2H3,(H,22,24)(H,23,28). The van der Waals surface area contributed by atoms with Gasteiger partial charge in [0.05, 0.1) is 19.3 Å². The fourth-order valence-corrected chi connectivity index (χ4v) is 3.27. The van der Waals surface area contributed by atoms with E-state index < -0.39 is 0 Å². The van der Waals surface area contributed by atoms with E-state index in [0.29, 0.717) is 19.7 Å². The van der Waals surface area contributed by atoms with E-state index in [-0.39, 0.29) is 18.6 Å². The Labute approximate surface area is 171 Å². The van der Waals surface area contributed by atoms with Gasteiger partial charge in [-0.3, -0.25) is 9.48 Å². The van der Waals surface area contributed by atoms with Gasteiger partial charge in [-0.05, 0) is 18.9 Å². The third kappa shape index (κ3) is 6.32. The summed E-state index contributed by atoms with van der Waals surface area (Å²) in [5.74, 6) is 0.663. The molecule has 1 fully saturated rings. The molecule has 0 bridgehead atoms. The molecule has 8 heteroatoms. The van der Waals surface area contributed by atoms with Crippen LogP contribution in [-0.4, -0.2) is 65.9 Å². The summed E-state index contributed by atoms with van der Waals surface area (Å²) < 4.78 is 7.67. The molecule has 8 nitrogen and oxygen atoms in total. The van der Waals surface area contributed by atoms with Crippen molar-refractivity contribution in [1.29, 1.82) is 0 Å². The summed E-state index contributed by atoms with van der Waals surface area (Å²) >= 11 is 0. The SMILES string of the molecule is CCNC(=NCC(=O)NCCc1ccccc1)N1CCOC(c2cnn(C)c2)C1. The average molecular weight is 399 g/mol. The number of amides is 1. The third-order valence-electron chi connectivity index (χ3n) is 4.75. The maximum absolute atomic E-state index is 12.2. The van der Waals surface area contributed by atoms with Gasteiger partial charge in [-0.2, -0.15) is 5.10 Å². The van der Waals surface area contributed by atoms with Crippen LogP contribution in [0.2, 0.25) is 0 Å². The lowest BCUT2D eigenvalue weighted by atomic mass is 10.1. The summed E-state index contributed by atoms with van der Waals surface area (Å²) in [5.41, 5.74) is 2.26. The molecular formula is C21H30N6O2. The van der Waals surface area contributed by atoms with E-state index in [2.05, 4.69) is 37.8 Å². The molecule has 2 N–H and O–H groups in total. The van der Waals surface area contributed by atoms with E-state index in [1.165, 1.54) is 5.56 Å². The quantitative estimate of drug-likeness (QED) is 0.539. The number of aryl methyl sites for hydroxylation is 1. The molecule has 0 spiro atoms. The Balaban J connectivity index is 1.52. The van der Waals surface area contributed by atoms with Crippen molar-refractivity contribution in [3.63, 3.8) is 0 Å². The Kier molecular flexibility index (Phi) is 7.63. The van der Waals surface area contributed by atoms with Crippen molar-refractivity contribution in [3.05, 3.63) is 53.9 Å². The van der Waals surface area contributed by atoms with Crippen molar-refractivity contribution in [2.75, 3.05) is 39.3 Å². The third-order valence-corrected chi connectivity index (χ3v) is 4.75. The first-order valence-corrected chi connectivity index (χ1v) is 10.1.